The molecule has 0 aliphatic heterocycles. The van der Waals surface area contributed by atoms with Gasteiger partial charge in [-0.05, 0) is 28.8 Å². The van der Waals surface area contributed by atoms with Gasteiger partial charge in [-0.3, -0.25) is 0 Å². The fraction of sp³-hybridized carbons (Fsp3) is 0.455. The van der Waals surface area contributed by atoms with Crippen LogP contribution in [0.25, 0.3) is 0 Å². The van der Waals surface area contributed by atoms with Crippen LogP contribution in [-0.4, -0.2) is 10.2 Å². The Bertz CT molecular complexity index is 430. The minimum atomic E-state index is -0.742. The number of hydrogen-bond acceptors (Lipinski definition) is 3. The van der Waals surface area contributed by atoms with Gasteiger partial charge in [0.25, 0.3) is 0 Å². The quantitative estimate of drug-likeness (QED) is 0.697. The first-order chi connectivity index (χ1) is 7.46. The third-order valence-electron chi connectivity index (χ3n) is 3.17. The standard InChI is InChI=1S/C11H13BrFNO2/c12-9-8(11(14)3-1-2-4-11)6(13)5-7(15)10(9)16/h5,15-16H,1-4,14H2. The van der Waals surface area contributed by atoms with Crippen LogP contribution in [0.1, 0.15) is 31.2 Å². The van der Waals surface area contributed by atoms with Crippen LogP contribution in [0, 0.1) is 5.82 Å². The molecular weight excluding hydrogens is 277 g/mol. The molecule has 88 valence electrons. The summed E-state index contributed by atoms with van der Waals surface area (Å²) in [6.45, 7) is 0. The molecule has 0 spiro atoms. The van der Waals surface area contributed by atoms with Gasteiger partial charge in [0.15, 0.2) is 11.5 Å². The highest BCUT2D eigenvalue weighted by atomic mass is 79.9. The number of halogens is 2. The van der Waals surface area contributed by atoms with Gasteiger partial charge in [-0.2, -0.15) is 0 Å². The second-order valence-corrected chi connectivity index (χ2v) is 5.07. The first-order valence-corrected chi connectivity index (χ1v) is 5.94. The van der Waals surface area contributed by atoms with E-state index in [0.717, 1.165) is 18.9 Å². The zero-order valence-electron chi connectivity index (χ0n) is 8.63. The van der Waals surface area contributed by atoms with Gasteiger partial charge in [0, 0.05) is 17.2 Å². The molecule has 4 N–H and O–H groups in total. The highest BCUT2D eigenvalue weighted by Crippen LogP contribution is 2.46. The third kappa shape index (κ3) is 1.68. The number of phenolic OH excluding ortho intramolecular Hbond substituents is 2. The number of phenols is 2. The molecule has 0 radical (unpaired) electrons. The number of rotatable bonds is 1. The van der Waals surface area contributed by atoms with Gasteiger partial charge in [-0.15, -0.1) is 0 Å². The maximum atomic E-state index is 13.8. The van der Waals surface area contributed by atoms with Crippen molar-refractivity contribution >= 4 is 15.9 Å². The average Bonchev–Trinajstić information content (AvgIpc) is 2.62. The molecule has 0 amide bonds. The number of hydrogen-bond donors (Lipinski definition) is 3. The molecule has 0 aromatic heterocycles. The Morgan fingerprint density at radius 2 is 1.88 bits per heavy atom. The molecule has 2 rings (SSSR count). The second-order valence-electron chi connectivity index (χ2n) is 4.28. The van der Waals surface area contributed by atoms with Crippen molar-refractivity contribution in [3.63, 3.8) is 0 Å². The first kappa shape index (κ1) is 11.7. The van der Waals surface area contributed by atoms with E-state index in [1.807, 2.05) is 0 Å². The van der Waals surface area contributed by atoms with Gasteiger partial charge in [-0.25, -0.2) is 4.39 Å². The van der Waals surface area contributed by atoms with Crippen molar-refractivity contribution in [2.24, 2.45) is 5.73 Å². The van der Waals surface area contributed by atoms with Crippen LogP contribution < -0.4 is 5.73 Å². The van der Waals surface area contributed by atoms with E-state index in [0.29, 0.717) is 12.8 Å². The van der Waals surface area contributed by atoms with E-state index in [2.05, 4.69) is 15.9 Å². The number of benzene rings is 1. The summed E-state index contributed by atoms with van der Waals surface area (Å²) in [6, 6.07) is 0.905. The number of nitrogens with two attached hydrogens (primary N) is 1. The zero-order chi connectivity index (χ0) is 11.9. The van der Waals surface area contributed by atoms with Crippen molar-refractivity contribution in [3.8, 4) is 11.5 Å². The van der Waals surface area contributed by atoms with Crippen molar-refractivity contribution in [1.82, 2.24) is 0 Å². The Morgan fingerprint density at radius 3 is 2.44 bits per heavy atom. The molecule has 1 fully saturated rings. The largest absolute Gasteiger partial charge is 0.504 e. The molecular formula is C11H13BrFNO2. The van der Waals surface area contributed by atoms with Crippen LogP contribution in [0.4, 0.5) is 4.39 Å². The lowest BCUT2D eigenvalue weighted by molar-refractivity contribution is 0.381. The summed E-state index contributed by atoms with van der Waals surface area (Å²) in [5.74, 6) is -1.41. The van der Waals surface area contributed by atoms with Gasteiger partial charge < -0.3 is 15.9 Å². The van der Waals surface area contributed by atoms with Gasteiger partial charge in [0.2, 0.25) is 0 Å². The fourth-order valence-corrected chi connectivity index (χ4v) is 3.10. The Kier molecular flexibility index (Phi) is 2.84. The summed E-state index contributed by atoms with van der Waals surface area (Å²) in [7, 11) is 0. The Labute approximate surface area is 101 Å². The lowest BCUT2D eigenvalue weighted by Crippen LogP contribution is -2.34. The first-order valence-electron chi connectivity index (χ1n) is 5.15. The molecule has 0 bridgehead atoms. The van der Waals surface area contributed by atoms with Crippen LogP contribution >= 0.6 is 15.9 Å². The summed E-state index contributed by atoms with van der Waals surface area (Å²) < 4.78 is 14.0. The molecule has 16 heavy (non-hydrogen) atoms. The monoisotopic (exact) mass is 289 g/mol. The topological polar surface area (TPSA) is 66.5 Å². The van der Waals surface area contributed by atoms with Crippen molar-refractivity contribution < 1.29 is 14.6 Å². The van der Waals surface area contributed by atoms with E-state index in [-0.39, 0.29) is 15.8 Å². The average molecular weight is 290 g/mol. The van der Waals surface area contributed by atoms with Crippen LogP contribution in [0.5, 0.6) is 11.5 Å². The molecule has 1 aromatic rings. The van der Waals surface area contributed by atoms with Crippen LogP contribution in [0.15, 0.2) is 10.5 Å². The van der Waals surface area contributed by atoms with E-state index in [4.69, 9.17) is 5.73 Å². The van der Waals surface area contributed by atoms with Gasteiger partial charge in [0.1, 0.15) is 5.82 Å². The summed E-state index contributed by atoms with van der Waals surface area (Å²) in [6.07, 6.45) is 3.27. The van der Waals surface area contributed by atoms with E-state index in [1.165, 1.54) is 0 Å². The van der Waals surface area contributed by atoms with E-state index in [1.54, 1.807) is 0 Å². The molecule has 3 nitrogen and oxygen atoms in total. The third-order valence-corrected chi connectivity index (χ3v) is 3.94. The van der Waals surface area contributed by atoms with Crippen LogP contribution in [0.2, 0.25) is 0 Å². The van der Waals surface area contributed by atoms with Gasteiger partial charge in [-0.1, -0.05) is 12.8 Å². The predicted molar refractivity (Wildman–Crippen MR) is 61.8 cm³/mol. The highest BCUT2D eigenvalue weighted by Gasteiger charge is 2.36. The molecule has 0 heterocycles. The van der Waals surface area contributed by atoms with Crippen molar-refractivity contribution in [3.05, 3.63) is 21.9 Å². The normalized spacial score (nSPS) is 18.9. The lowest BCUT2D eigenvalue weighted by Gasteiger charge is -2.26. The molecule has 1 aliphatic rings. The maximum absolute atomic E-state index is 13.8. The summed E-state index contributed by atoms with van der Waals surface area (Å²) in [5.41, 5.74) is 5.66. The van der Waals surface area contributed by atoms with Crippen molar-refractivity contribution in [1.29, 1.82) is 0 Å². The van der Waals surface area contributed by atoms with Crippen LogP contribution in [-0.2, 0) is 5.54 Å². The predicted octanol–water partition coefficient (Wildman–Crippen LogP) is 2.73. The Hall–Kier alpha value is -0.810. The molecule has 0 atom stereocenters. The molecule has 0 unspecified atom stereocenters. The zero-order valence-corrected chi connectivity index (χ0v) is 10.2. The molecule has 1 aliphatic carbocycles. The fourth-order valence-electron chi connectivity index (χ4n) is 2.31. The lowest BCUT2D eigenvalue weighted by atomic mass is 9.88. The second kappa shape index (κ2) is 3.89. The molecule has 0 saturated heterocycles. The van der Waals surface area contributed by atoms with Gasteiger partial charge >= 0.3 is 0 Å². The summed E-state index contributed by atoms with van der Waals surface area (Å²) in [4.78, 5) is 0. The van der Waals surface area contributed by atoms with Gasteiger partial charge in [0.05, 0.1) is 4.47 Å². The highest BCUT2D eigenvalue weighted by molar-refractivity contribution is 9.10. The minimum absolute atomic E-state index is 0.161. The molecule has 1 saturated carbocycles. The van der Waals surface area contributed by atoms with E-state index < -0.39 is 17.1 Å². The van der Waals surface area contributed by atoms with Crippen molar-refractivity contribution in [2.45, 2.75) is 31.2 Å². The van der Waals surface area contributed by atoms with Crippen molar-refractivity contribution in [2.75, 3.05) is 0 Å². The SMILES string of the molecule is NC1(c2c(F)cc(O)c(O)c2Br)CCCC1. The summed E-state index contributed by atoms with van der Waals surface area (Å²) >= 11 is 3.10. The Morgan fingerprint density at radius 1 is 1.31 bits per heavy atom. The summed E-state index contributed by atoms with van der Waals surface area (Å²) in [5, 5.41) is 18.8. The smallest absolute Gasteiger partial charge is 0.172 e. The van der Waals surface area contributed by atoms with Crippen LogP contribution in [0.3, 0.4) is 0 Å². The Balaban J connectivity index is 2.60. The van der Waals surface area contributed by atoms with E-state index >= 15 is 0 Å². The van der Waals surface area contributed by atoms with E-state index in [9.17, 15) is 14.6 Å². The molecule has 1 aromatic carbocycles. The minimum Gasteiger partial charge on any atom is -0.504 e. The maximum Gasteiger partial charge on any atom is 0.172 e. The molecule has 5 heteroatoms. The number of aromatic hydroxyl groups is 2.